The van der Waals surface area contributed by atoms with Gasteiger partial charge in [0.25, 0.3) is 0 Å². The van der Waals surface area contributed by atoms with Crippen LogP contribution in [-0.2, 0) is 0 Å². The van der Waals surface area contributed by atoms with Crippen molar-refractivity contribution in [1.29, 1.82) is 0 Å². The molecule has 0 amide bonds. The average Bonchev–Trinajstić information content (AvgIpc) is 2.62. The van der Waals surface area contributed by atoms with E-state index in [2.05, 4.69) is 51.8 Å². The van der Waals surface area contributed by atoms with Crippen LogP contribution in [0, 0.1) is 18.3 Å². The molecule has 0 saturated heterocycles. The Labute approximate surface area is 116 Å². The molecule has 0 saturated carbocycles. The van der Waals surface area contributed by atoms with Crippen LogP contribution in [0.4, 0.5) is 0 Å². The lowest BCUT2D eigenvalue weighted by molar-refractivity contribution is 0.913. The molecule has 0 spiro atoms. The molecule has 0 heterocycles. The third kappa shape index (κ3) is 2.56. The number of hydrogen-bond donors (Lipinski definition) is 0. The van der Waals surface area contributed by atoms with Crippen LogP contribution >= 0.6 is 0 Å². The topological polar surface area (TPSA) is 0 Å². The van der Waals surface area contributed by atoms with Crippen molar-refractivity contribution in [2.45, 2.75) is 27.7 Å². The summed E-state index contributed by atoms with van der Waals surface area (Å²) in [5.41, 5.74) is 7.88. The zero-order chi connectivity index (χ0) is 14.0. The van der Waals surface area contributed by atoms with E-state index < -0.39 is 0 Å². The molecule has 0 fully saturated rings. The van der Waals surface area contributed by atoms with Crippen molar-refractivity contribution < 1.29 is 0 Å². The van der Waals surface area contributed by atoms with Crippen LogP contribution in [0.1, 0.15) is 38.8 Å². The van der Waals surface area contributed by atoms with Crippen molar-refractivity contribution in [2.24, 2.45) is 5.92 Å². The second kappa shape index (κ2) is 5.33. The van der Waals surface area contributed by atoms with E-state index in [9.17, 15) is 0 Å². The van der Waals surface area contributed by atoms with E-state index in [0.717, 1.165) is 5.56 Å². The summed E-state index contributed by atoms with van der Waals surface area (Å²) in [7, 11) is 0. The maximum Gasteiger partial charge on any atom is 0.0248 e. The molecule has 1 aliphatic rings. The third-order valence-electron chi connectivity index (χ3n) is 4.21. The molecule has 0 unspecified atom stereocenters. The quantitative estimate of drug-likeness (QED) is 0.647. The van der Waals surface area contributed by atoms with Gasteiger partial charge in [-0.3, -0.25) is 0 Å². The molecule has 0 atom stereocenters. The maximum absolute atomic E-state index is 5.43. The van der Waals surface area contributed by atoms with Crippen molar-refractivity contribution in [3.63, 3.8) is 0 Å². The normalized spacial score (nSPS) is 16.6. The van der Waals surface area contributed by atoms with Gasteiger partial charge in [-0.1, -0.05) is 41.4 Å². The Morgan fingerprint density at radius 1 is 1.05 bits per heavy atom. The summed E-state index contributed by atoms with van der Waals surface area (Å²) in [6, 6.07) is 8.09. The average molecular weight is 248 g/mol. The summed E-state index contributed by atoms with van der Waals surface area (Å²) in [4.78, 5) is 0. The molecule has 0 aliphatic heterocycles. The van der Waals surface area contributed by atoms with Crippen LogP contribution < -0.4 is 0 Å². The first-order valence-electron chi connectivity index (χ1n) is 6.64. The SMILES string of the molecule is C#Cc1cccc(/C=C/C2C(C)=C(C)C(C)=C2C)c1. The van der Waals surface area contributed by atoms with Gasteiger partial charge in [-0.2, -0.15) is 0 Å². The molecule has 1 aromatic rings. The van der Waals surface area contributed by atoms with Crippen LogP contribution in [-0.4, -0.2) is 0 Å². The van der Waals surface area contributed by atoms with Crippen LogP contribution in [0.2, 0.25) is 0 Å². The van der Waals surface area contributed by atoms with Gasteiger partial charge >= 0.3 is 0 Å². The van der Waals surface area contributed by atoms with E-state index in [1.165, 1.54) is 27.9 Å². The van der Waals surface area contributed by atoms with Crippen molar-refractivity contribution in [3.05, 3.63) is 63.8 Å². The highest BCUT2D eigenvalue weighted by atomic mass is 14.3. The molecule has 2 rings (SSSR count). The van der Waals surface area contributed by atoms with Crippen LogP contribution in [0.25, 0.3) is 6.08 Å². The molecule has 0 N–H and O–H groups in total. The molecule has 0 bridgehead atoms. The van der Waals surface area contributed by atoms with Gasteiger partial charge in [0.15, 0.2) is 0 Å². The largest absolute Gasteiger partial charge is 0.115 e. The van der Waals surface area contributed by atoms with Gasteiger partial charge in [0.05, 0.1) is 0 Å². The first kappa shape index (κ1) is 13.4. The van der Waals surface area contributed by atoms with E-state index >= 15 is 0 Å². The van der Waals surface area contributed by atoms with Gasteiger partial charge < -0.3 is 0 Å². The molecular weight excluding hydrogens is 228 g/mol. The molecular formula is C19H20. The standard InChI is InChI=1S/C19H20/c1-6-17-8-7-9-18(12-17)10-11-19-15(4)13(2)14(3)16(19)5/h1,7-12,19H,2-5H3/b11-10+. The van der Waals surface area contributed by atoms with Crippen LogP contribution in [0.15, 0.2) is 52.6 Å². The highest BCUT2D eigenvalue weighted by Crippen LogP contribution is 2.37. The highest BCUT2D eigenvalue weighted by Gasteiger charge is 2.21. The Morgan fingerprint density at radius 3 is 2.26 bits per heavy atom. The molecule has 1 aromatic carbocycles. The third-order valence-corrected chi connectivity index (χ3v) is 4.21. The Bertz CT molecular complexity index is 606. The summed E-state index contributed by atoms with van der Waals surface area (Å²) >= 11 is 0. The smallest absolute Gasteiger partial charge is 0.0248 e. The minimum Gasteiger partial charge on any atom is -0.115 e. The van der Waals surface area contributed by atoms with E-state index in [1.54, 1.807) is 0 Å². The van der Waals surface area contributed by atoms with Crippen molar-refractivity contribution in [3.8, 4) is 12.3 Å². The van der Waals surface area contributed by atoms with Gasteiger partial charge in [0, 0.05) is 11.5 Å². The van der Waals surface area contributed by atoms with Gasteiger partial charge in [-0.05, 0) is 56.5 Å². The zero-order valence-corrected chi connectivity index (χ0v) is 12.1. The molecule has 0 heteroatoms. The van der Waals surface area contributed by atoms with Gasteiger partial charge in [0.2, 0.25) is 0 Å². The maximum atomic E-state index is 5.43. The van der Waals surface area contributed by atoms with Gasteiger partial charge in [-0.25, -0.2) is 0 Å². The molecule has 1 aliphatic carbocycles. The van der Waals surface area contributed by atoms with E-state index in [1.807, 2.05) is 18.2 Å². The molecule has 96 valence electrons. The molecule has 0 nitrogen and oxygen atoms in total. The summed E-state index contributed by atoms with van der Waals surface area (Å²) in [6.45, 7) is 8.87. The predicted molar refractivity (Wildman–Crippen MR) is 83.6 cm³/mol. The number of allylic oxidation sites excluding steroid dienone is 5. The van der Waals surface area contributed by atoms with Crippen LogP contribution in [0.3, 0.4) is 0 Å². The van der Waals surface area contributed by atoms with Crippen LogP contribution in [0.5, 0.6) is 0 Å². The zero-order valence-electron chi connectivity index (χ0n) is 12.1. The second-order valence-corrected chi connectivity index (χ2v) is 5.22. The highest BCUT2D eigenvalue weighted by molar-refractivity contribution is 5.57. The Morgan fingerprint density at radius 2 is 1.68 bits per heavy atom. The number of terminal acetylenes is 1. The fraction of sp³-hybridized carbons (Fsp3) is 0.263. The number of hydrogen-bond acceptors (Lipinski definition) is 0. The number of benzene rings is 1. The van der Waals surface area contributed by atoms with E-state index in [4.69, 9.17) is 6.42 Å². The van der Waals surface area contributed by atoms with Crippen molar-refractivity contribution >= 4 is 6.08 Å². The predicted octanol–water partition coefficient (Wildman–Crippen LogP) is 4.98. The summed E-state index contributed by atoms with van der Waals surface area (Å²) in [5.74, 6) is 3.11. The van der Waals surface area contributed by atoms with Gasteiger partial charge in [0.1, 0.15) is 0 Å². The monoisotopic (exact) mass is 248 g/mol. The lowest BCUT2D eigenvalue weighted by Crippen LogP contribution is -1.95. The lowest BCUT2D eigenvalue weighted by Gasteiger charge is -2.09. The fourth-order valence-corrected chi connectivity index (χ4v) is 2.61. The molecule has 0 aromatic heterocycles. The van der Waals surface area contributed by atoms with Crippen molar-refractivity contribution in [2.75, 3.05) is 0 Å². The fourth-order valence-electron chi connectivity index (χ4n) is 2.61. The second-order valence-electron chi connectivity index (χ2n) is 5.22. The Kier molecular flexibility index (Phi) is 3.76. The number of rotatable bonds is 2. The minimum atomic E-state index is 0.439. The molecule has 0 radical (unpaired) electrons. The summed E-state index contributed by atoms with van der Waals surface area (Å²) < 4.78 is 0. The minimum absolute atomic E-state index is 0.439. The summed E-state index contributed by atoms with van der Waals surface area (Å²) in [5, 5.41) is 0. The molecule has 19 heavy (non-hydrogen) atoms. The van der Waals surface area contributed by atoms with Gasteiger partial charge in [-0.15, -0.1) is 6.42 Å². The Hall–Kier alpha value is -2.00. The summed E-state index contributed by atoms with van der Waals surface area (Å²) in [6.07, 6.45) is 9.88. The first-order valence-corrected chi connectivity index (χ1v) is 6.64. The van der Waals surface area contributed by atoms with Crippen molar-refractivity contribution in [1.82, 2.24) is 0 Å². The van der Waals surface area contributed by atoms with E-state index in [0.29, 0.717) is 5.92 Å². The van der Waals surface area contributed by atoms with E-state index in [-0.39, 0.29) is 0 Å². The first-order chi connectivity index (χ1) is 9.04. The lowest BCUT2D eigenvalue weighted by atomic mass is 9.95. The Balaban J connectivity index is 2.27.